The molecule has 0 saturated heterocycles. The first-order valence-electron chi connectivity index (χ1n) is 5.08. The molecule has 0 heterocycles. The summed E-state index contributed by atoms with van der Waals surface area (Å²) in [7, 11) is 4.27. The lowest BCUT2D eigenvalue weighted by Crippen LogP contribution is -2.02. The minimum Gasteiger partial charge on any atom is -0.493 e. The number of nitriles is 1. The molecule has 0 bridgehead atoms. The highest BCUT2D eigenvalue weighted by Gasteiger charge is 2.10. The number of nitrogens with zero attached hydrogens (tertiary/aromatic N) is 1. The van der Waals surface area contributed by atoms with Crippen molar-refractivity contribution >= 4 is 12.0 Å². The van der Waals surface area contributed by atoms with E-state index in [2.05, 4.69) is 4.74 Å². The Morgan fingerprint density at radius 2 is 1.89 bits per heavy atom. The molecule has 0 aliphatic rings. The van der Waals surface area contributed by atoms with E-state index >= 15 is 0 Å². The quantitative estimate of drug-likeness (QED) is 0.461. The molecule has 0 unspecified atom stereocenters. The molecule has 0 fully saturated rings. The van der Waals surface area contributed by atoms with E-state index in [0.717, 1.165) is 0 Å². The molecule has 18 heavy (non-hydrogen) atoms. The number of rotatable bonds is 4. The first kappa shape index (κ1) is 13.6. The molecule has 0 atom stereocenters. The normalized spacial score (nSPS) is 10.4. The minimum absolute atomic E-state index is 0.0790. The predicted molar refractivity (Wildman–Crippen MR) is 65.2 cm³/mol. The van der Waals surface area contributed by atoms with Crippen molar-refractivity contribution in [1.29, 1.82) is 5.26 Å². The van der Waals surface area contributed by atoms with Crippen LogP contribution >= 0.6 is 0 Å². The van der Waals surface area contributed by atoms with E-state index in [4.69, 9.17) is 14.7 Å². The molecule has 0 N–H and O–H groups in total. The molecule has 0 aliphatic heterocycles. The second-order valence-electron chi connectivity index (χ2n) is 3.28. The van der Waals surface area contributed by atoms with E-state index in [1.165, 1.54) is 27.4 Å². The number of esters is 1. The fourth-order valence-electron chi connectivity index (χ4n) is 1.36. The molecule has 0 spiro atoms. The molecular weight excluding hydrogens is 234 g/mol. The van der Waals surface area contributed by atoms with Crippen molar-refractivity contribution in [2.24, 2.45) is 0 Å². The van der Waals surface area contributed by atoms with Crippen LogP contribution in [0.5, 0.6) is 11.5 Å². The van der Waals surface area contributed by atoms with Gasteiger partial charge in [-0.2, -0.15) is 5.26 Å². The summed E-state index contributed by atoms with van der Waals surface area (Å²) in [5.41, 5.74) is 0.569. The highest BCUT2D eigenvalue weighted by Crippen LogP contribution is 2.28. The van der Waals surface area contributed by atoms with Gasteiger partial charge in [0.25, 0.3) is 0 Å². The summed E-state index contributed by atoms with van der Waals surface area (Å²) in [4.78, 5) is 11.3. The Balaban J connectivity index is 3.15. The van der Waals surface area contributed by atoms with Gasteiger partial charge in [0.05, 0.1) is 21.3 Å². The molecule has 0 saturated carbocycles. The highest BCUT2D eigenvalue weighted by molar-refractivity contribution is 5.97. The fourth-order valence-corrected chi connectivity index (χ4v) is 1.36. The van der Waals surface area contributed by atoms with Gasteiger partial charge in [0.15, 0.2) is 11.5 Å². The predicted octanol–water partition coefficient (Wildman–Crippen LogP) is 1.78. The fraction of sp³-hybridized carbons (Fsp3) is 0.231. The lowest BCUT2D eigenvalue weighted by Gasteiger charge is -2.07. The van der Waals surface area contributed by atoms with Gasteiger partial charge >= 0.3 is 5.97 Å². The SMILES string of the molecule is COC(=O)/C(C#N)=C/c1ccc(OC)c(OC)c1. The largest absolute Gasteiger partial charge is 0.493 e. The van der Waals surface area contributed by atoms with Crippen LogP contribution in [0.15, 0.2) is 23.8 Å². The minimum atomic E-state index is -0.674. The third-order valence-electron chi connectivity index (χ3n) is 2.24. The van der Waals surface area contributed by atoms with Crippen molar-refractivity contribution in [3.63, 3.8) is 0 Å². The highest BCUT2D eigenvalue weighted by atomic mass is 16.5. The number of methoxy groups -OCH3 is 3. The van der Waals surface area contributed by atoms with Gasteiger partial charge in [-0.05, 0) is 23.8 Å². The van der Waals surface area contributed by atoms with Crippen LogP contribution in [-0.2, 0) is 9.53 Å². The van der Waals surface area contributed by atoms with Crippen LogP contribution in [0.3, 0.4) is 0 Å². The van der Waals surface area contributed by atoms with E-state index in [-0.39, 0.29) is 5.57 Å². The van der Waals surface area contributed by atoms with Crippen LogP contribution in [0, 0.1) is 11.3 Å². The van der Waals surface area contributed by atoms with E-state index < -0.39 is 5.97 Å². The van der Waals surface area contributed by atoms with Gasteiger partial charge in [0.2, 0.25) is 0 Å². The molecule has 0 aliphatic carbocycles. The maximum absolute atomic E-state index is 11.3. The monoisotopic (exact) mass is 247 g/mol. The van der Waals surface area contributed by atoms with Crippen LogP contribution in [0.4, 0.5) is 0 Å². The Hall–Kier alpha value is -2.48. The van der Waals surface area contributed by atoms with E-state index in [1.807, 2.05) is 0 Å². The zero-order valence-corrected chi connectivity index (χ0v) is 10.4. The van der Waals surface area contributed by atoms with Gasteiger partial charge in [0, 0.05) is 0 Å². The molecule has 94 valence electrons. The third kappa shape index (κ3) is 3.01. The number of ether oxygens (including phenoxy) is 3. The topological polar surface area (TPSA) is 68.6 Å². The Labute approximate surface area is 105 Å². The number of hydrogen-bond acceptors (Lipinski definition) is 5. The molecule has 0 amide bonds. The Morgan fingerprint density at radius 3 is 2.39 bits per heavy atom. The third-order valence-corrected chi connectivity index (χ3v) is 2.24. The second-order valence-corrected chi connectivity index (χ2v) is 3.28. The molecule has 5 heteroatoms. The van der Waals surface area contributed by atoms with Crippen molar-refractivity contribution in [2.45, 2.75) is 0 Å². The van der Waals surface area contributed by atoms with Gasteiger partial charge in [0.1, 0.15) is 11.6 Å². The summed E-state index contributed by atoms with van der Waals surface area (Å²) >= 11 is 0. The van der Waals surface area contributed by atoms with Gasteiger partial charge in [-0.25, -0.2) is 4.79 Å². The lowest BCUT2D eigenvalue weighted by molar-refractivity contribution is -0.135. The van der Waals surface area contributed by atoms with Crippen LogP contribution in [0.1, 0.15) is 5.56 Å². The zero-order valence-electron chi connectivity index (χ0n) is 10.4. The molecule has 1 rings (SSSR count). The van der Waals surface area contributed by atoms with E-state index in [9.17, 15) is 4.79 Å². The summed E-state index contributed by atoms with van der Waals surface area (Å²) in [5, 5.41) is 8.84. The average molecular weight is 247 g/mol. The number of carbonyl (C=O) groups is 1. The van der Waals surface area contributed by atoms with Crippen molar-refractivity contribution in [3.05, 3.63) is 29.3 Å². The molecule has 1 aromatic rings. The first-order valence-corrected chi connectivity index (χ1v) is 5.08. The number of hydrogen-bond donors (Lipinski definition) is 0. The second kappa shape index (κ2) is 6.30. The summed E-state index contributed by atoms with van der Waals surface area (Å²) in [5.74, 6) is 0.423. The Bertz CT molecular complexity index is 514. The van der Waals surface area contributed by atoms with Crippen molar-refractivity contribution in [3.8, 4) is 17.6 Å². The van der Waals surface area contributed by atoms with E-state index in [1.54, 1.807) is 24.3 Å². The Morgan fingerprint density at radius 1 is 1.22 bits per heavy atom. The number of benzene rings is 1. The van der Waals surface area contributed by atoms with Crippen molar-refractivity contribution < 1.29 is 19.0 Å². The van der Waals surface area contributed by atoms with Crippen LogP contribution in [0.25, 0.3) is 6.08 Å². The Kier molecular flexibility index (Phi) is 4.76. The summed E-state index contributed by atoms with van der Waals surface area (Å²) in [6.07, 6.45) is 1.42. The van der Waals surface area contributed by atoms with Gasteiger partial charge < -0.3 is 14.2 Å². The summed E-state index contributed by atoms with van der Waals surface area (Å²) in [6.45, 7) is 0. The van der Waals surface area contributed by atoms with Crippen LogP contribution < -0.4 is 9.47 Å². The van der Waals surface area contributed by atoms with Crippen molar-refractivity contribution in [1.82, 2.24) is 0 Å². The van der Waals surface area contributed by atoms with Crippen molar-refractivity contribution in [2.75, 3.05) is 21.3 Å². The van der Waals surface area contributed by atoms with Crippen LogP contribution in [-0.4, -0.2) is 27.3 Å². The van der Waals surface area contributed by atoms with Gasteiger partial charge in [-0.1, -0.05) is 6.07 Å². The summed E-state index contributed by atoms with van der Waals surface area (Å²) in [6, 6.07) is 6.85. The standard InChI is InChI=1S/C13H13NO4/c1-16-11-5-4-9(7-12(11)17-2)6-10(8-14)13(15)18-3/h4-7H,1-3H3/b10-6+. The lowest BCUT2D eigenvalue weighted by atomic mass is 10.1. The zero-order chi connectivity index (χ0) is 13.5. The number of carbonyl (C=O) groups excluding carboxylic acids is 1. The van der Waals surface area contributed by atoms with Gasteiger partial charge in [-0.3, -0.25) is 0 Å². The molecule has 1 aromatic carbocycles. The maximum Gasteiger partial charge on any atom is 0.348 e. The summed E-state index contributed by atoms with van der Waals surface area (Å²) < 4.78 is 14.7. The molecular formula is C13H13NO4. The molecule has 5 nitrogen and oxygen atoms in total. The maximum atomic E-state index is 11.3. The molecule has 0 radical (unpaired) electrons. The van der Waals surface area contributed by atoms with E-state index in [0.29, 0.717) is 17.1 Å². The molecule has 0 aromatic heterocycles. The average Bonchev–Trinajstić information content (AvgIpc) is 2.43. The van der Waals surface area contributed by atoms with Gasteiger partial charge in [-0.15, -0.1) is 0 Å². The first-order chi connectivity index (χ1) is 8.65. The van der Waals surface area contributed by atoms with Crippen LogP contribution in [0.2, 0.25) is 0 Å². The smallest absolute Gasteiger partial charge is 0.348 e.